The van der Waals surface area contributed by atoms with Gasteiger partial charge in [0.25, 0.3) is 0 Å². The molecular weight excluding hydrogens is 142 g/mol. The minimum Gasteiger partial charge on any atom is -0.390 e. The minimum absolute atomic E-state index is 0.0549. The highest BCUT2D eigenvalue weighted by atomic mass is 16.3. The summed E-state index contributed by atoms with van der Waals surface area (Å²) in [6.07, 6.45) is 0. The first-order valence-electron chi connectivity index (χ1n) is 3.35. The minimum atomic E-state index is -0.0549. The van der Waals surface area contributed by atoms with Crippen molar-refractivity contribution in [3.05, 3.63) is 17.8 Å². The molecule has 0 amide bonds. The van der Waals surface area contributed by atoms with Crippen LogP contribution in [-0.4, -0.2) is 29.4 Å². The zero-order chi connectivity index (χ0) is 8.27. The van der Waals surface area contributed by atoms with Gasteiger partial charge < -0.3 is 10.0 Å². The summed E-state index contributed by atoms with van der Waals surface area (Å²) in [7, 11) is 3.78. The van der Waals surface area contributed by atoms with Gasteiger partial charge in [0.2, 0.25) is 0 Å². The molecule has 1 N–H and O–H groups in total. The second kappa shape index (κ2) is 3.30. The fraction of sp³-hybridized carbons (Fsp3) is 0.429. The molecule has 60 valence electrons. The molecule has 0 saturated carbocycles. The molecular formula is C7H11N3O. The van der Waals surface area contributed by atoms with Crippen molar-refractivity contribution < 1.29 is 5.11 Å². The Kier molecular flexibility index (Phi) is 2.38. The molecule has 1 heterocycles. The molecule has 1 aromatic heterocycles. The van der Waals surface area contributed by atoms with E-state index in [4.69, 9.17) is 5.11 Å². The van der Waals surface area contributed by atoms with Gasteiger partial charge in [0.1, 0.15) is 0 Å². The standard InChI is InChI=1S/C7H11N3O/c1-10(2)7-4-3-6(5-11)8-9-7/h3-4,11H,5H2,1-2H3. The van der Waals surface area contributed by atoms with Gasteiger partial charge in [0.05, 0.1) is 12.3 Å². The fourth-order valence-electron chi connectivity index (χ4n) is 0.676. The van der Waals surface area contributed by atoms with E-state index in [2.05, 4.69) is 10.2 Å². The van der Waals surface area contributed by atoms with Crippen molar-refractivity contribution in [2.24, 2.45) is 0 Å². The highest BCUT2D eigenvalue weighted by Gasteiger charge is 1.96. The molecule has 0 spiro atoms. The molecule has 0 saturated heterocycles. The van der Waals surface area contributed by atoms with E-state index < -0.39 is 0 Å². The Morgan fingerprint density at radius 1 is 1.36 bits per heavy atom. The van der Waals surface area contributed by atoms with Crippen molar-refractivity contribution in [1.82, 2.24) is 10.2 Å². The van der Waals surface area contributed by atoms with Crippen LogP contribution >= 0.6 is 0 Å². The first-order valence-corrected chi connectivity index (χ1v) is 3.35. The van der Waals surface area contributed by atoms with E-state index in [0.29, 0.717) is 5.69 Å². The molecule has 0 aliphatic heterocycles. The molecule has 11 heavy (non-hydrogen) atoms. The lowest BCUT2D eigenvalue weighted by Crippen LogP contribution is -2.11. The fourth-order valence-corrected chi connectivity index (χ4v) is 0.676. The van der Waals surface area contributed by atoms with Crippen LogP contribution in [0, 0.1) is 0 Å². The van der Waals surface area contributed by atoms with Gasteiger partial charge in [-0.25, -0.2) is 0 Å². The Balaban J connectivity index is 2.83. The third-order valence-electron chi connectivity index (χ3n) is 1.33. The number of anilines is 1. The lowest BCUT2D eigenvalue weighted by atomic mass is 10.4. The third kappa shape index (κ3) is 1.88. The molecule has 0 unspecified atom stereocenters. The number of rotatable bonds is 2. The zero-order valence-electron chi connectivity index (χ0n) is 6.65. The summed E-state index contributed by atoms with van der Waals surface area (Å²) in [6, 6.07) is 3.57. The van der Waals surface area contributed by atoms with E-state index >= 15 is 0 Å². The number of aliphatic hydroxyl groups is 1. The lowest BCUT2D eigenvalue weighted by Gasteiger charge is -2.09. The second-order valence-corrected chi connectivity index (χ2v) is 2.44. The summed E-state index contributed by atoms with van der Waals surface area (Å²) in [4.78, 5) is 1.86. The van der Waals surface area contributed by atoms with Crippen LogP contribution in [0.5, 0.6) is 0 Å². The first-order chi connectivity index (χ1) is 5.24. The Morgan fingerprint density at radius 3 is 2.45 bits per heavy atom. The Morgan fingerprint density at radius 2 is 2.09 bits per heavy atom. The van der Waals surface area contributed by atoms with E-state index in [1.807, 2.05) is 25.1 Å². The van der Waals surface area contributed by atoms with Crippen LogP contribution < -0.4 is 4.90 Å². The molecule has 4 heteroatoms. The summed E-state index contributed by atoms with van der Waals surface area (Å²) in [5, 5.41) is 16.3. The normalized spacial score (nSPS) is 9.73. The number of hydrogen-bond acceptors (Lipinski definition) is 4. The highest BCUT2D eigenvalue weighted by molar-refractivity contribution is 5.34. The van der Waals surface area contributed by atoms with Gasteiger partial charge in [-0.2, -0.15) is 5.10 Å². The molecule has 1 aromatic rings. The highest BCUT2D eigenvalue weighted by Crippen LogP contribution is 2.04. The van der Waals surface area contributed by atoms with E-state index in [-0.39, 0.29) is 6.61 Å². The van der Waals surface area contributed by atoms with Crippen molar-refractivity contribution in [3.8, 4) is 0 Å². The van der Waals surface area contributed by atoms with Gasteiger partial charge in [0.15, 0.2) is 5.82 Å². The van der Waals surface area contributed by atoms with Crippen LogP contribution in [-0.2, 0) is 6.61 Å². The molecule has 0 aliphatic rings. The van der Waals surface area contributed by atoms with Gasteiger partial charge in [-0.1, -0.05) is 0 Å². The van der Waals surface area contributed by atoms with Crippen LogP contribution in [0.1, 0.15) is 5.69 Å². The summed E-state index contributed by atoms with van der Waals surface area (Å²) in [5.41, 5.74) is 0.593. The molecule has 0 fully saturated rings. The monoisotopic (exact) mass is 153 g/mol. The van der Waals surface area contributed by atoms with Crippen molar-refractivity contribution >= 4 is 5.82 Å². The molecule has 0 atom stereocenters. The van der Waals surface area contributed by atoms with Crippen LogP contribution in [0.3, 0.4) is 0 Å². The number of aromatic nitrogens is 2. The summed E-state index contributed by atoms with van der Waals surface area (Å²) >= 11 is 0. The summed E-state index contributed by atoms with van der Waals surface area (Å²) in [5.74, 6) is 0.794. The third-order valence-corrected chi connectivity index (χ3v) is 1.33. The molecule has 1 rings (SSSR count). The van der Waals surface area contributed by atoms with Crippen LogP contribution in [0.4, 0.5) is 5.82 Å². The first kappa shape index (κ1) is 7.94. The van der Waals surface area contributed by atoms with Crippen LogP contribution in [0.15, 0.2) is 12.1 Å². The van der Waals surface area contributed by atoms with Crippen molar-refractivity contribution in [3.63, 3.8) is 0 Å². The smallest absolute Gasteiger partial charge is 0.150 e. The largest absolute Gasteiger partial charge is 0.390 e. The van der Waals surface area contributed by atoms with Gasteiger partial charge in [-0.05, 0) is 12.1 Å². The Labute approximate surface area is 65.5 Å². The number of hydrogen-bond donors (Lipinski definition) is 1. The predicted octanol–water partition coefficient (Wildman–Crippen LogP) is 0.0349. The van der Waals surface area contributed by atoms with Gasteiger partial charge in [0, 0.05) is 14.1 Å². The molecule has 0 bridgehead atoms. The van der Waals surface area contributed by atoms with Gasteiger partial charge in [-0.3, -0.25) is 0 Å². The number of aliphatic hydroxyl groups excluding tert-OH is 1. The van der Waals surface area contributed by atoms with Gasteiger partial charge >= 0.3 is 0 Å². The average molecular weight is 153 g/mol. The zero-order valence-corrected chi connectivity index (χ0v) is 6.65. The number of nitrogens with zero attached hydrogens (tertiary/aromatic N) is 3. The quantitative estimate of drug-likeness (QED) is 0.651. The summed E-state index contributed by atoms with van der Waals surface area (Å²) in [6.45, 7) is -0.0549. The molecule has 0 aromatic carbocycles. The average Bonchev–Trinajstić information content (AvgIpc) is 2.05. The maximum atomic E-state index is 8.65. The van der Waals surface area contributed by atoms with Crippen molar-refractivity contribution in [2.75, 3.05) is 19.0 Å². The Bertz CT molecular complexity index is 220. The predicted molar refractivity (Wildman–Crippen MR) is 42.3 cm³/mol. The molecule has 4 nitrogen and oxygen atoms in total. The lowest BCUT2D eigenvalue weighted by molar-refractivity contribution is 0.275. The van der Waals surface area contributed by atoms with E-state index in [1.165, 1.54) is 0 Å². The SMILES string of the molecule is CN(C)c1ccc(CO)nn1. The maximum absolute atomic E-state index is 8.65. The van der Waals surface area contributed by atoms with Crippen LogP contribution in [0.2, 0.25) is 0 Å². The van der Waals surface area contributed by atoms with Crippen molar-refractivity contribution in [2.45, 2.75) is 6.61 Å². The van der Waals surface area contributed by atoms with E-state index in [9.17, 15) is 0 Å². The van der Waals surface area contributed by atoms with E-state index in [0.717, 1.165) is 5.82 Å². The Hall–Kier alpha value is -1.16. The van der Waals surface area contributed by atoms with Crippen molar-refractivity contribution in [1.29, 1.82) is 0 Å². The summed E-state index contributed by atoms with van der Waals surface area (Å²) < 4.78 is 0. The molecule has 0 aliphatic carbocycles. The van der Waals surface area contributed by atoms with Crippen LogP contribution in [0.25, 0.3) is 0 Å². The van der Waals surface area contributed by atoms with E-state index in [1.54, 1.807) is 6.07 Å². The van der Waals surface area contributed by atoms with Gasteiger partial charge in [-0.15, -0.1) is 5.10 Å². The molecule has 0 radical (unpaired) electrons. The second-order valence-electron chi connectivity index (χ2n) is 2.44. The maximum Gasteiger partial charge on any atom is 0.150 e. The topological polar surface area (TPSA) is 49.2 Å².